The van der Waals surface area contributed by atoms with Gasteiger partial charge in [0.15, 0.2) is 0 Å². The van der Waals surface area contributed by atoms with Crippen molar-refractivity contribution < 1.29 is 16.8 Å². The molecule has 1 aromatic heterocycles. The summed E-state index contributed by atoms with van der Waals surface area (Å²) in [6, 6.07) is 15.1. The highest BCUT2D eigenvalue weighted by Gasteiger charge is 2.46. The lowest BCUT2D eigenvalue weighted by Gasteiger charge is -2.25. The van der Waals surface area contributed by atoms with Crippen LogP contribution in [0.5, 0.6) is 0 Å². The summed E-state index contributed by atoms with van der Waals surface area (Å²) in [4.78, 5) is 0.512. The maximum atomic E-state index is 13.4. The van der Waals surface area contributed by atoms with Crippen LogP contribution in [0, 0.1) is 19.8 Å². The Kier molecular flexibility index (Phi) is 4.66. The average Bonchev–Trinajstić information content (AvgIpc) is 3.32. The van der Waals surface area contributed by atoms with Crippen LogP contribution in [0.1, 0.15) is 34.8 Å². The maximum absolute atomic E-state index is 13.4. The monoisotopic (exact) mass is 456 g/mol. The molecule has 1 aliphatic carbocycles. The van der Waals surface area contributed by atoms with Crippen molar-refractivity contribution in [2.45, 2.75) is 42.5 Å². The Balaban J connectivity index is 1.54. The van der Waals surface area contributed by atoms with Crippen LogP contribution in [0.15, 0.2) is 70.6 Å². The van der Waals surface area contributed by atoms with Crippen LogP contribution in [-0.4, -0.2) is 31.7 Å². The molecule has 2 aromatic carbocycles. The number of rotatable bonds is 4. The summed E-state index contributed by atoms with van der Waals surface area (Å²) in [6.07, 6.45) is 2.83. The standard InChI is InChI=1S/C23H24N2O4S2/c1-16-3-7-19(8-4-16)30(26,27)24-12-11-21-22(24)13-18-14-23(21)25(15-18)31(28,29)20-9-5-17(2)6-10-20/h3-12,18,23H,13-15H2,1-2H3/t18-,23-/m0/s1. The molecule has 31 heavy (non-hydrogen) atoms. The first-order valence-corrected chi connectivity index (χ1v) is 13.2. The fraction of sp³-hybridized carbons (Fsp3) is 0.304. The third-order valence-electron chi connectivity index (χ3n) is 6.38. The number of aryl methyl sites for hydroxylation is 2. The Morgan fingerprint density at radius 2 is 1.32 bits per heavy atom. The van der Waals surface area contributed by atoms with E-state index in [1.54, 1.807) is 65.1 Å². The number of hydrogen-bond donors (Lipinski definition) is 0. The van der Waals surface area contributed by atoms with E-state index in [0.717, 1.165) is 16.7 Å². The van der Waals surface area contributed by atoms with Crippen molar-refractivity contribution in [1.29, 1.82) is 0 Å². The Hall–Kier alpha value is -2.42. The Bertz CT molecular complexity index is 1360. The van der Waals surface area contributed by atoms with Crippen molar-refractivity contribution in [3.8, 4) is 0 Å². The second kappa shape index (κ2) is 7.05. The molecule has 0 N–H and O–H groups in total. The molecule has 2 atom stereocenters. The zero-order valence-electron chi connectivity index (χ0n) is 17.4. The van der Waals surface area contributed by atoms with Crippen LogP contribution in [0.3, 0.4) is 0 Å². The van der Waals surface area contributed by atoms with Gasteiger partial charge in [-0.25, -0.2) is 20.8 Å². The Morgan fingerprint density at radius 1 is 0.774 bits per heavy atom. The second-order valence-corrected chi connectivity index (χ2v) is 12.2. The van der Waals surface area contributed by atoms with E-state index in [-0.39, 0.29) is 21.8 Å². The number of fused-ring (bicyclic) bond motifs is 4. The zero-order valence-corrected chi connectivity index (χ0v) is 19.0. The summed E-state index contributed by atoms with van der Waals surface area (Å²) in [5.41, 5.74) is 3.48. The number of aromatic nitrogens is 1. The topological polar surface area (TPSA) is 76.5 Å². The summed E-state index contributed by atoms with van der Waals surface area (Å²) < 4.78 is 56.2. The van der Waals surface area contributed by atoms with E-state index in [2.05, 4.69) is 0 Å². The largest absolute Gasteiger partial charge is 0.267 e. The lowest BCUT2D eigenvalue weighted by Crippen LogP contribution is -2.30. The summed E-state index contributed by atoms with van der Waals surface area (Å²) in [7, 11) is -7.40. The number of benzene rings is 2. The first-order chi connectivity index (χ1) is 14.7. The van der Waals surface area contributed by atoms with Crippen LogP contribution < -0.4 is 0 Å². The quantitative estimate of drug-likeness (QED) is 0.601. The van der Waals surface area contributed by atoms with E-state index in [4.69, 9.17) is 0 Å². The van der Waals surface area contributed by atoms with E-state index >= 15 is 0 Å². The third kappa shape index (κ3) is 3.24. The van der Waals surface area contributed by atoms with E-state index in [1.165, 1.54) is 3.97 Å². The van der Waals surface area contributed by atoms with Gasteiger partial charge in [-0.1, -0.05) is 35.4 Å². The molecule has 2 aliphatic rings. The molecule has 0 radical (unpaired) electrons. The lowest BCUT2D eigenvalue weighted by atomic mass is 9.89. The molecule has 0 unspecified atom stereocenters. The summed E-state index contributed by atoms with van der Waals surface area (Å²) in [5, 5.41) is 0. The lowest BCUT2D eigenvalue weighted by molar-refractivity contribution is 0.397. The molecule has 0 spiro atoms. The van der Waals surface area contributed by atoms with E-state index < -0.39 is 20.0 Å². The van der Waals surface area contributed by atoms with Crippen molar-refractivity contribution in [2.75, 3.05) is 6.54 Å². The molecule has 2 heterocycles. The molecule has 2 bridgehead atoms. The summed E-state index contributed by atoms with van der Waals surface area (Å²) in [6.45, 7) is 4.23. The van der Waals surface area contributed by atoms with Gasteiger partial charge in [-0.15, -0.1) is 0 Å². The smallest absolute Gasteiger partial charge is 0.246 e. The first kappa shape index (κ1) is 20.5. The van der Waals surface area contributed by atoms with Crippen LogP contribution in [-0.2, 0) is 26.5 Å². The van der Waals surface area contributed by atoms with Crippen molar-refractivity contribution >= 4 is 20.0 Å². The van der Waals surface area contributed by atoms with Gasteiger partial charge in [0.05, 0.1) is 15.8 Å². The van der Waals surface area contributed by atoms with Crippen LogP contribution in [0.4, 0.5) is 0 Å². The minimum absolute atomic E-state index is 0.0968. The van der Waals surface area contributed by atoms with Crippen molar-refractivity contribution in [3.63, 3.8) is 0 Å². The second-order valence-electron chi connectivity index (χ2n) is 8.54. The van der Waals surface area contributed by atoms with Gasteiger partial charge in [0.25, 0.3) is 10.0 Å². The highest BCUT2D eigenvalue weighted by atomic mass is 32.2. The van der Waals surface area contributed by atoms with Gasteiger partial charge in [-0.3, -0.25) is 0 Å². The minimum atomic E-state index is -3.73. The van der Waals surface area contributed by atoms with Gasteiger partial charge in [0.1, 0.15) is 0 Å². The fourth-order valence-electron chi connectivity index (χ4n) is 4.73. The third-order valence-corrected chi connectivity index (χ3v) is 9.99. The van der Waals surface area contributed by atoms with Crippen molar-refractivity contribution in [3.05, 3.63) is 83.2 Å². The molecule has 3 aromatic rings. The van der Waals surface area contributed by atoms with Gasteiger partial charge in [-0.05, 0) is 68.5 Å². The van der Waals surface area contributed by atoms with Crippen molar-refractivity contribution in [1.82, 2.24) is 8.28 Å². The van der Waals surface area contributed by atoms with Crippen LogP contribution in [0.25, 0.3) is 0 Å². The van der Waals surface area contributed by atoms with Crippen molar-refractivity contribution in [2.24, 2.45) is 5.92 Å². The molecule has 8 heteroatoms. The van der Waals surface area contributed by atoms with Gasteiger partial charge in [0.2, 0.25) is 10.0 Å². The average molecular weight is 457 g/mol. The maximum Gasteiger partial charge on any atom is 0.267 e. The number of nitrogens with zero attached hydrogens (tertiary/aromatic N) is 2. The van der Waals surface area contributed by atoms with E-state index in [0.29, 0.717) is 25.1 Å². The predicted octanol–water partition coefficient (Wildman–Crippen LogP) is 3.65. The van der Waals surface area contributed by atoms with Gasteiger partial charge in [0, 0.05) is 18.4 Å². The van der Waals surface area contributed by atoms with Gasteiger partial charge in [-0.2, -0.15) is 4.31 Å². The van der Waals surface area contributed by atoms with Crippen LogP contribution in [0.2, 0.25) is 0 Å². The highest BCUT2D eigenvalue weighted by molar-refractivity contribution is 7.90. The molecule has 162 valence electrons. The summed E-state index contributed by atoms with van der Waals surface area (Å²) >= 11 is 0. The number of sulfonamides is 1. The minimum Gasteiger partial charge on any atom is -0.246 e. The van der Waals surface area contributed by atoms with Gasteiger partial charge < -0.3 is 0 Å². The fourth-order valence-corrected chi connectivity index (χ4v) is 7.82. The van der Waals surface area contributed by atoms with E-state index in [9.17, 15) is 16.8 Å². The van der Waals surface area contributed by atoms with Gasteiger partial charge >= 0.3 is 0 Å². The molecule has 1 fully saturated rings. The first-order valence-electron chi connectivity index (χ1n) is 10.3. The normalized spacial score (nSPS) is 21.2. The predicted molar refractivity (Wildman–Crippen MR) is 118 cm³/mol. The Labute approximate surface area is 183 Å². The molecular formula is C23H24N2O4S2. The molecule has 1 aliphatic heterocycles. The number of hydrogen-bond acceptors (Lipinski definition) is 4. The summed E-state index contributed by atoms with van der Waals surface area (Å²) in [5.74, 6) is 0.0968. The molecule has 6 nitrogen and oxygen atoms in total. The highest BCUT2D eigenvalue weighted by Crippen LogP contribution is 2.47. The SMILES string of the molecule is Cc1ccc(S(=O)(=O)N2C[C@H]3Cc4c(ccn4S(=O)(=O)c4ccc(C)cc4)[C@@H]2C3)cc1. The van der Waals surface area contributed by atoms with E-state index in [1.807, 2.05) is 13.8 Å². The molecular weight excluding hydrogens is 432 g/mol. The van der Waals surface area contributed by atoms with Crippen LogP contribution >= 0.6 is 0 Å². The molecule has 5 rings (SSSR count). The molecule has 0 amide bonds. The zero-order chi connectivity index (χ0) is 22.0. The molecule has 1 saturated heterocycles. The molecule has 0 saturated carbocycles. The Morgan fingerprint density at radius 3 is 1.90 bits per heavy atom.